The predicted molar refractivity (Wildman–Crippen MR) is 102 cm³/mol. The maximum atomic E-state index is 12.4. The first kappa shape index (κ1) is 21.4. The summed E-state index contributed by atoms with van der Waals surface area (Å²) in [5, 5.41) is 11.6. The summed E-state index contributed by atoms with van der Waals surface area (Å²) in [6, 6.07) is 4.23. The molecular weight excluding hydrogens is 368 g/mol. The summed E-state index contributed by atoms with van der Waals surface area (Å²) in [4.78, 5) is 23.3. The molecule has 0 saturated carbocycles. The maximum Gasteiger partial charge on any atom is 0.326 e. The Bertz CT molecular complexity index is 776. The van der Waals surface area contributed by atoms with Crippen LogP contribution in [0.5, 0.6) is 0 Å². The Hall–Kier alpha value is -1.93. The lowest BCUT2D eigenvalue weighted by Gasteiger charge is -2.17. The van der Waals surface area contributed by atoms with Crippen LogP contribution in [0.1, 0.15) is 56.6 Å². The third-order valence-corrected chi connectivity index (χ3v) is 6.21. The van der Waals surface area contributed by atoms with Gasteiger partial charge in [-0.05, 0) is 55.4 Å². The molecule has 1 aliphatic rings. The van der Waals surface area contributed by atoms with Crippen molar-refractivity contribution in [2.24, 2.45) is 0 Å². The van der Waals surface area contributed by atoms with Gasteiger partial charge in [0, 0.05) is 13.0 Å². The van der Waals surface area contributed by atoms with Crippen LogP contribution in [0.15, 0.2) is 23.1 Å². The van der Waals surface area contributed by atoms with Gasteiger partial charge in [-0.3, -0.25) is 4.79 Å². The largest absolute Gasteiger partial charge is 0.480 e. The lowest BCUT2D eigenvalue weighted by Crippen LogP contribution is -2.41. The number of benzene rings is 1. The average Bonchev–Trinajstić information content (AvgIpc) is 2.64. The van der Waals surface area contributed by atoms with Gasteiger partial charge in [0.1, 0.15) is 6.04 Å². The van der Waals surface area contributed by atoms with Crippen LogP contribution in [-0.2, 0) is 32.5 Å². The standard InChI is InChI=1S/C19H28N2O5S/c1-2-3-8-17(19(23)24)21-18(22)11-12-20-27(25,26)16-10-9-14-6-4-5-7-15(14)13-16/h9-10,13,17,20H,2-8,11-12H2,1H3,(H,21,22)(H,23,24). The Balaban J connectivity index is 1.88. The first-order valence-electron chi connectivity index (χ1n) is 9.47. The summed E-state index contributed by atoms with van der Waals surface area (Å²) in [6.45, 7) is 1.86. The van der Waals surface area contributed by atoms with E-state index in [-0.39, 0.29) is 17.9 Å². The van der Waals surface area contributed by atoms with Gasteiger partial charge >= 0.3 is 5.97 Å². The second-order valence-electron chi connectivity index (χ2n) is 6.89. The van der Waals surface area contributed by atoms with Crippen molar-refractivity contribution in [3.63, 3.8) is 0 Å². The highest BCUT2D eigenvalue weighted by atomic mass is 32.2. The minimum Gasteiger partial charge on any atom is -0.480 e. The van der Waals surface area contributed by atoms with Crippen molar-refractivity contribution in [2.45, 2.75) is 69.2 Å². The number of fused-ring (bicyclic) bond motifs is 1. The molecule has 2 rings (SSSR count). The van der Waals surface area contributed by atoms with Crippen LogP contribution in [0.3, 0.4) is 0 Å². The number of rotatable bonds is 10. The SMILES string of the molecule is CCCCC(NC(=O)CCNS(=O)(=O)c1ccc2c(c1)CCCC2)C(=O)O. The van der Waals surface area contributed by atoms with E-state index in [0.29, 0.717) is 12.8 Å². The van der Waals surface area contributed by atoms with Gasteiger partial charge in [0.05, 0.1) is 4.90 Å². The highest BCUT2D eigenvalue weighted by Gasteiger charge is 2.20. The number of carbonyl (C=O) groups excluding carboxylic acids is 1. The Labute approximate surface area is 160 Å². The van der Waals surface area contributed by atoms with Crippen molar-refractivity contribution < 1.29 is 23.1 Å². The molecule has 0 radical (unpaired) electrons. The molecule has 1 unspecified atom stereocenters. The summed E-state index contributed by atoms with van der Waals surface area (Å²) < 4.78 is 27.3. The topological polar surface area (TPSA) is 113 Å². The molecule has 8 heteroatoms. The van der Waals surface area contributed by atoms with Crippen LogP contribution in [0.25, 0.3) is 0 Å². The van der Waals surface area contributed by atoms with Crippen LogP contribution in [0, 0.1) is 0 Å². The van der Waals surface area contributed by atoms with Crippen LogP contribution < -0.4 is 10.0 Å². The van der Waals surface area contributed by atoms with E-state index in [0.717, 1.165) is 37.7 Å². The Morgan fingerprint density at radius 1 is 1.19 bits per heavy atom. The lowest BCUT2D eigenvalue weighted by molar-refractivity contribution is -0.142. The minimum atomic E-state index is -3.69. The molecule has 0 spiro atoms. The summed E-state index contributed by atoms with van der Waals surface area (Å²) in [6.07, 6.45) is 5.83. The third-order valence-electron chi connectivity index (χ3n) is 4.75. The number of amides is 1. The Morgan fingerprint density at radius 2 is 1.89 bits per heavy atom. The predicted octanol–water partition coefficient (Wildman–Crippen LogP) is 1.99. The number of hydrogen-bond donors (Lipinski definition) is 3. The number of aryl methyl sites for hydroxylation is 2. The van der Waals surface area contributed by atoms with Gasteiger partial charge in [-0.1, -0.05) is 25.8 Å². The fourth-order valence-corrected chi connectivity index (χ4v) is 4.27. The summed E-state index contributed by atoms with van der Waals surface area (Å²) in [5.74, 6) is -1.56. The molecule has 150 valence electrons. The van der Waals surface area contributed by atoms with E-state index >= 15 is 0 Å². The Kier molecular flexibility index (Phi) is 7.79. The fraction of sp³-hybridized carbons (Fsp3) is 0.579. The molecule has 27 heavy (non-hydrogen) atoms. The molecule has 0 saturated heterocycles. The van der Waals surface area contributed by atoms with E-state index in [1.165, 1.54) is 5.56 Å². The van der Waals surface area contributed by atoms with Crippen molar-refractivity contribution in [1.29, 1.82) is 0 Å². The van der Waals surface area contributed by atoms with E-state index in [9.17, 15) is 18.0 Å². The van der Waals surface area contributed by atoms with Crippen molar-refractivity contribution in [3.8, 4) is 0 Å². The average molecular weight is 397 g/mol. The van der Waals surface area contributed by atoms with E-state index in [4.69, 9.17) is 5.11 Å². The second-order valence-corrected chi connectivity index (χ2v) is 8.65. The minimum absolute atomic E-state index is 0.0780. The number of unbranched alkanes of at least 4 members (excludes halogenated alkanes) is 1. The molecule has 0 bridgehead atoms. The number of hydrogen-bond acceptors (Lipinski definition) is 4. The van der Waals surface area contributed by atoms with Crippen molar-refractivity contribution in [1.82, 2.24) is 10.0 Å². The third kappa shape index (κ3) is 6.32. The summed E-state index contributed by atoms with van der Waals surface area (Å²) >= 11 is 0. The van der Waals surface area contributed by atoms with Crippen LogP contribution in [0.4, 0.5) is 0 Å². The Morgan fingerprint density at radius 3 is 2.56 bits per heavy atom. The van der Waals surface area contributed by atoms with Gasteiger partial charge in [-0.15, -0.1) is 0 Å². The normalized spacial score (nSPS) is 15.0. The van der Waals surface area contributed by atoms with Crippen molar-refractivity contribution in [2.75, 3.05) is 6.54 Å². The number of carbonyl (C=O) groups is 2. The highest BCUT2D eigenvalue weighted by molar-refractivity contribution is 7.89. The smallest absolute Gasteiger partial charge is 0.326 e. The molecule has 7 nitrogen and oxygen atoms in total. The van der Waals surface area contributed by atoms with Gasteiger partial charge in [0.15, 0.2) is 0 Å². The van der Waals surface area contributed by atoms with E-state index in [1.807, 2.05) is 13.0 Å². The molecule has 0 aliphatic heterocycles. The van der Waals surface area contributed by atoms with Gasteiger partial charge in [-0.2, -0.15) is 0 Å². The van der Waals surface area contributed by atoms with Crippen LogP contribution >= 0.6 is 0 Å². The van der Waals surface area contributed by atoms with Crippen molar-refractivity contribution in [3.05, 3.63) is 29.3 Å². The second kappa shape index (κ2) is 9.85. The molecule has 1 aliphatic carbocycles. The van der Waals surface area contributed by atoms with Gasteiger partial charge in [-0.25, -0.2) is 17.9 Å². The zero-order valence-electron chi connectivity index (χ0n) is 15.7. The molecular formula is C19H28N2O5S. The van der Waals surface area contributed by atoms with Gasteiger partial charge in [0.25, 0.3) is 0 Å². The zero-order valence-corrected chi connectivity index (χ0v) is 16.5. The number of carboxylic acid groups (broad SMARTS) is 1. The van der Waals surface area contributed by atoms with E-state index in [1.54, 1.807) is 12.1 Å². The van der Waals surface area contributed by atoms with E-state index in [2.05, 4.69) is 10.0 Å². The first-order valence-corrected chi connectivity index (χ1v) is 11.0. The molecule has 1 amide bonds. The number of aliphatic carboxylic acids is 1. The molecule has 0 fully saturated rings. The lowest BCUT2D eigenvalue weighted by atomic mass is 9.92. The molecule has 1 aromatic carbocycles. The van der Waals surface area contributed by atoms with Crippen molar-refractivity contribution >= 4 is 21.9 Å². The summed E-state index contributed by atoms with van der Waals surface area (Å²) in [5.41, 5.74) is 2.27. The zero-order chi connectivity index (χ0) is 19.9. The highest BCUT2D eigenvalue weighted by Crippen LogP contribution is 2.24. The summed E-state index contributed by atoms with van der Waals surface area (Å²) in [7, 11) is -3.69. The van der Waals surface area contributed by atoms with Crippen LogP contribution in [0.2, 0.25) is 0 Å². The number of sulfonamides is 1. The number of nitrogens with one attached hydrogen (secondary N) is 2. The molecule has 1 atom stereocenters. The van der Waals surface area contributed by atoms with Gasteiger partial charge in [0.2, 0.25) is 15.9 Å². The van der Waals surface area contributed by atoms with E-state index < -0.39 is 27.9 Å². The molecule has 1 aromatic rings. The molecule has 0 heterocycles. The fourth-order valence-electron chi connectivity index (χ4n) is 3.19. The quantitative estimate of drug-likeness (QED) is 0.560. The van der Waals surface area contributed by atoms with Gasteiger partial charge < -0.3 is 10.4 Å². The monoisotopic (exact) mass is 396 g/mol. The number of carboxylic acids is 1. The maximum absolute atomic E-state index is 12.4. The molecule has 3 N–H and O–H groups in total. The first-order chi connectivity index (χ1) is 12.8. The molecule has 0 aromatic heterocycles. The van der Waals surface area contributed by atoms with Crippen LogP contribution in [-0.4, -0.2) is 38.0 Å².